The summed E-state index contributed by atoms with van der Waals surface area (Å²) < 4.78 is 5.23. The number of ether oxygens (including phenoxy) is 1. The maximum Gasteiger partial charge on any atom is 0.268 e. The van der Waals surface area contributed by atoms with E-state index in [-0.39, 0.29) is 24.2 Å². The minimum atomic E-state index is -0.787. The van der Waals surface area contributed by atoms with Gasteiger partial charge in [0.25, 0.3) is 5.91 Å². The zero-order valence-electron chi connectivity index (χ0n) is 18.6. The molecule has 1 aromatic carbocycles. The quantitative estimate of drug-likeness (QED) is 0.462. The molecule has 2 heterocycles. The van der Waals surface area contributed by atoms with Gasteiger partial charge < -0.3 is 25.7 Å². The van der Waals surface area contributed by atoms with Crippen molar-refractivity contribution >= 4 is 28.6 Å². The van der Waals surface area contributed by atoms with Crippen molar-refractivity contribution in [3.05, 3.63) is 30.0 Å². The summed E-state index contributed by atoms with van der Waals surface area (Å²) in [5, 5.41) is 18.8. The van der Waals surface area contributed by atoms with E-state index >= 15 is 0 Å². The third kappa shape index (κ3) is 5.64. The second-order valence-corrected chi connectivity index (χ2v) is 8.90. The van der Waals surface area contributed by atoms with E-state index in [0.717, 1.165) is 30.2 Å². The van der Waals surface area contributed by atoms with E-state index in [1.165, 1.54) is 0 Å². The molecule has 2 aromatic rings. The summed E-state index contributed by atoms with van der Waals surface area (Å²) in [6.07, 6.45) is 4.40. The summed E-state index contributed by atoms with van der Waals surface area (Å²) in [6, 6.07) is 7.75. The molecule has 0 spiro atoms. The van der Waals surface area contributed by atoms with Crippen molar-refractivity contribution in [2.75, 3.05) is 13.7 Å². The number of hydrogen-bond donors (Lipinski definition) is 4. The maximum atomic E-state index is 13.0. The van der Waals surface area contributed by atoms with Crippen LogP contribution in [0.25, 0.3) is 10.9 Å². The molecule has 174 valence electrons. The molecule has 9 nitrogen and oxygen atoms in total. The number of H-pyrrole nitrogens is 1. The number of nitriles is 1. The van der Waals surface area contributed by atoms with E-state index in [4.69, 9.17) is 4.74 Å². The van der Waals surface area contributed by atoms with Gasteiger partial charge in [0.1, 0.15) is 23.5 Å². The average Bonchev–Trinajstić information content (AvgIpc) is 3.53. The van der Waals surface area contributed by atoms with E-state index in [1.54, 1.807) is 19.2 Å². The van der Waals surface area contributed by atoms with Gasteiger partial charge in [-0.05, 0) is 55.9 Å². The normalized spacial score (nSPS) is 19.8. The molecule has 0 bridgehead atoms. The van der Waals surface area contributed by atoms with Gasteiger partial charge in [-0.1, -0.05) is 12.8 Å². The summed E-state index contributed by atoms with van der Waals surface area (Å²) in [4.78, 5) is 41.1. The lowest BCUT2D eigenvalue weighted by molar-refractivity contribution is -0.128. The van der Waals surface area contributed by atoms with E-state index in [9.17, 15) is 19.6 Å². The number of amides is 3. The molecular formula is C24H29N5O4. The molecule has 1 aromatic heterocycles. The van der Waals surface area contributed by atoms with Crippen molar-refractivity contribution in [3.63, 3.8) is 0 Å². The van der Waals surface area contributed by atoms with Crippen LogP contribution in [0, 0.1) is 23.2 Å². The Morgan fingerprint density at radius 2 is 2.03 bits per heavy atom. The van der Waals surface area contributed by atoms with Gasteiger partial charge >= 0.3 is 0 Å². The van der Waals surface area contributed by atoms with Crippen LogP contribution >= 0.6 is 0 Å². The molecule has 2 aliphatic rings. The van der Waals surface area contributed by atoms with Crippen LogP contribution in [0.15, 0.2) is 24.3 Å². The van der Waals surface area contributed by atoms with Crippen molar-refractivity contribution < 1.29 is 19.1 Å². The first-order valence-corrected chi connectivity index (χ1v) is 11.4. The molecule has 4 N–H and O–H groups in total. The number of nitrogens with zero attached hydrogens (tertiary/aromatic N) is 1. The number of piperidine rings is 1. The van der Waals surface area contributed by atoms with Crippen LogP contribution in [0.3, 0.4) is 0 Å². The van der Waals surface area contributed by atoms with Crippen LogP contribution in [0.4, 0.5) is 0 Å². The molecule has 3 amide bonds. The highest BCUT2D eigenvalue weighted by Crippen LogP contribution is 2.33. The Morgan fingerprint density at radius 1 is 1.21 bits per heavy atom. The summed E-state index contributed by atoms with van der Waals surface area (Å²) in [5.74, 6) is -0.0641. The van der Waals surface area contributed by atoms with Gasteiger partial charge in [0.15, 0.2) is 0 Å². The number of carbonyl (C=O) groups excluding carboxylic acids is 3. The lowest BCUT2D eigenvalue weighted by Gasteiger charge is -2.25. The van der Waals surface area contributed by atoms with Crippen LogP contribution in [0.5, 0.6) is 5.75 Å². The predicted octanol–water partition coefficient (Wildman–Crippen LogP) is 2.00. The van der Waals surface area contributed by atoms with E-state index in [0.29, 0.717) is 36.7 Å². The third-order valence-corrected chi connectivity index (χ3v) is 6.35. The van der Waals surface area contributed by atoms with Gasteiger partial charge in [-0.3, -0.25) is 14.4 Å². The van der Waals surface area contributed by atoms with Gasteiger partial charge in [0.05, 0.1) is 13.2 Å². The Bertz CT molecular complexity index is 1080. The topological polar surface area (TPSA) is 136 Å². The minimum Gasteiger partial charge on any atom is -0.497 e. The van der Waals surface area contributed by atoms with E-state index in [1.807, 2.05) is 12.1 Å². The second kappa shape index (κ2) is 9.94. The Balaban J connectivity index is 1.42. The average molecular weight is 452 g/mol. The number of fused-ring (bicyclic) bond motifs is 1. The first kappa shape index (κ1) is 22.6. The zero-order valence-corrected chi connectivity index (χ0v) is 18.6. The fraction of sp³-hybridized carbons (Fsp3) is 0.500. The third-order valence-electron chi connectivity index (χ3n) is 6.35. The molecule has 33 heavy (non-hydrogen) atoms. The predicted molar refractivity (Wildman–Crippen MR) is 121 cm³/mol. The van der Waals surface area contributed by atoms with E-state index in [2.05, 4.69) is 27.0 Å². The highest BCUT2D eigenvalue weighted by Gasteiger charge is 2.33. The molecule has 1 saturated heterocycles. The van der Waals surface area contributed by atoms with Gasteiger partial charge in [0.2, 0.25) is 11.8 Å². The Morgan fingerprint density at radius 3 is 2.73 bits per heavy atom. The Hall–Kier alpha value is -3.54. The molecule has 0 radical (unpaired) electrons. The minimum absolute atomic E-state index is 0.0750. The van der Waals surface area contributed by atoms with Crippen LogP contribution in [-0.4, -0.2) is 48.4 Å². The van der Waals surface area contributed by atoms with Crippen molar-refractivity contribution in [3.8, 4) is 11.8 Å². The molecule has 9 heteroatoms. The number of nitrogens with one attached hydrogen (secondary N) is 4. The van der Waals surface area contributed by atoms with Gasteiger partial charge in [0, 0.05) is 23.4 Å². The lowest BCUT2D eigenvalue weighted by atomic mass is 9.92. The second-order valence-electron chi connectivity index (χ2n) is 8.90. The van der Waals surface area contributed by atoms with Crippen LogP contribution in [-0.2, 0) is 9.59 Å². The fourth-order valence-electron chi connectivity index (χ4n) is 4.28. The number of benzene rings is 1. The number of carbonyl (C=O) groups is 3. The molecule has 3 atom stereocenters. The standard InChI is InChI=1S/C24H29N5O4/c1-33-18-6-7-19-16(11-18)12-21(28-19)24(32)29-20(9-14-4-5-14)23(31)27-17(13-25)10-15-3-2-8-26-22(15)30/h6-7,11-12,14-15,17,20,28H,2-5,8-10H2,1H3,(H,26,30)(H,27,31)(H,29,32). The highest BCUT2D eigenvalue weighted by molar-refractivity contribution is 6.00. The number of aromatic amines is 1. The molecule has 1 saturated carbocycles. The summed E-state index contributed by atoms with van der Waals surface area (Å²) in [6.45, 7) is 0.648. The molecule has 1 aliphatic heterocycles. The molecule has 1 aliphatic carbocycles. The largest absolute Gasteiger partial charge is 0.497 e. The SMILES string of the molecule is COc1ccc2[nH]c(C(=O)NC(CC3CC3)C(=O)NC(C#N)CC3CCCNC3=O)cc2c1. The summed E-state index contributed by atoms with van der Waals surface area (Å²) >= 11 is 0. The molecule has 2 fully saturated rings. The van der Waals surface area contributed by atoms with Crippen molar-refractivity contribution in [2.45, 2.75) is 50.6 Å². The van der Waals surface area contributed by atoms with Crippen LogP contribution in [0.1, 0.15) is 49.0 Å². The van der Waals surface area contributed by atoms with Crippen molar-refractivity contribution in [1.82, 2.24) is 20.9 Å². The van der Waals surface area contributed by atoms with Crippen molar-refractivity contribution in [1.29, 1.82) is 5.26 Å². The smallest absolute Gasteiger partial charge is 0.268 e. The summed E-state index contributed by atoms with van der Waals surface area (Å²) in [7, 11) is 1.58. The number of methoxy groups -OCH3 is 1. The molecule has 4 rings (SSSR count). The number of hydrogen-bond acceptors (Lipinski definition) is 5. The van der Waals surface area contributed by atoms with Crippen LogP contribution < -0.4 is 20.7 Å². The van der Waals surface area contributed by atoms with Gasteiger partial charge in [-0.15, -0.1) is 0 Å². The first-order valence-electron chi connectivity index (χ1n) is 11.4. The maximum absolute atomic E-state index is 13.0. The van der Waals surface area contributed by atoms with Gasteiger partial charge in [-0.25, -0.2) is 0 Å². The summed E-state index contributed by atoms with van der Waals surface area (Å²) in [5.41, 5.74) is 1.14. The number of rotatable bonds is 9. The zero-order chi connectivity index (χ0) is 23.4. The first-order chi connectivity index (χ1) is 16.0. The van der Waals surface area contributed by atoms with E-state index < -0.39 is 18.0 Å². The fourth-order valence-corrected chi connectivity index (χ4v) is 4.28. The Kier molecular flexibility index (Phi) is 6.82. The molecule has 3 unspecified atom stereocenters. The lowest BCUT2D eigenvalue weighted by Crippen LogP contribution is -2.50. The highest BCUT2D eigenvalue weighted by atomic mass is 16.5. The van der Waals surface area contributed by atoms with Crippen LogP contribution in [0.2, 0.25) is 0 Å². The monoisotopic (exact) mass is 451 g/mol. The molecular weight excluding hydrogens is 422 g/mol. The van der Waals surface area contributed by atoms with Crippen molar-refractivity contribution in [2.24, 2.45) is 11.8 Å². The number of aromatic nitrogens is 1. The van der Waals surface area contributed by atoms with Gasteiger partial charge in [-0.2, -0.15) is 5.26 Å². The Labute approximate surface area is 192 Å².